The zero-order valence-corrected chi connectivity index (χ0v) is 15.1. The summed E-state index contributed by atoms with van der Waals surface area (Å²) in [5, 5.41) is 10.5. The van der Waals surface area contributed by atoms with Crippen molar-refractivity contribution in [2.24, 2.45) is 5.92 Å². The van der Waals surface area contributed by atoms with Gasteiger partial charge in [-0.15, -0.1) is 0 Å². The van der Waals surface area contributed by atoms with Gasteiger partial charge in [0.05, 0.1) is 6.10 Å². The van der Waals surface area contributed by atoms with Crippen LogP contribution in [-0.4, -0.2) is 65.4 Å². The Bertz CT molecular complexity index is 365. The van der Waals surface area contributed by atoms with Gasteiger partial charge in [-0.3, -0.25) is 4.90 Å². The number of amides is 1. The van der Waals surface area contributed by atoms with Crippen molar-refractivity contribution in [2.75, 3.05) is 32.7 Å². The number of hydrogen-bond donors (Lipinski definition) is 1. The fourth-order valence-corrected chi connectivity index (χ4v) is 3.55. The van der Waals surface area contributed by atoms with Crippen LogP contribution < -0.4 is 0 Å². The van der Waals surface area contributed by atoms with E-state index in [1.165, 1.54) is 38.5 Å². The van der Waals surface area contributed by atoms with Crippen LogP contribution >= 0.6 is 0 Å². The maximum Gasteiger partial charge on any atom is 0.410 e. The first-order chi connectivity index (χ1) is 10.8. The molecule has 1 N–H and O–H groups in total. The van der Waals surface area contributed by atoms with Crippen LogP contribution in [0.4, 0.5) is 4.79 Å². The first-order valence-corrected chi connectivity index (χ1v) is 9.23. The van der Waals surface area contributed by atoms with Gasteiger partial charge in [-0.1, -0.05) is 25.7 Å². The van der Waals surface area contributed by atoms with E-state index in [0.717, 1.165) is 19.6 Å². The second kappa shape index (κ2) is 8.34. The molecule has 2 fully saturated rings. The van der Waals surface area contributed by atoms with Crippen molar-refractivity contribution in [1.82, 2.24) is 9.80 Å². The number of aliphatic hydroxyl groups is 1. The van der Waals surface area contributed by atoms with Crippen molar-refractivity contribution in [3.63, 3.8) is 0 Å². The Balaban J connectivity index is 1.72. The van der Waals surface area contributed by atoms with Gasteiger partial charge in [0.25, 0.3) is 0 Å². The third kappa shape index (κ3) is 6.30. The third-order valence-electron chi connectivity index (χ3n) is 4.91. The second-order valence-corrected chi connectivity index (χ2v) is 8.09. The smallest absolute Gasteiger partial charge is 0.410 e. The molecule has 1 aliphatic carbocycles. The van der Waals surface area contributed by atoms with E-state index in [1.54, 1.807) is 4.90 Å². The number of aliphatic hydroxyl groups excluding tert-OH is 1. The molecule has 1 aliphatic heterocycles. The summed E-state index contributed by atoms with van der Waals surface area (Å²) in [6.07, 6.45) is 7.04. The van der Waals surface area contributed by atoms with Crippen LogP contribution in [0.25, 0.3) is 0 Å². The normalized spacial score (nSPS) is 23.4. The maximum absolute atomic E-state index is 12.1. The molecular weight excluding hydrogens is 292 g/mol. The van der Waals surface area contributed by atoms with Crippen molar-refractivity contribution < 1.29 is 14.6 Å². The molecule has 1 saturated carbocycles. The van der Waals surface area contributed by atoms with Gasteiger partial charge in [0.1, 0.15) is 5.60 Å². The topological polar surface area (TPSA) is 53.0 Å². The van der Waals surface area contributed by atoms with Crippen molar-refractivity contribution >= 4 is 6.09 Å². The molecule has 134 valence electrons. The molecule has 0 aromatic heterocycles. The van der Waals surface area contributed by atoms with Gasteiger partial charge >= 0.3 is 6.09 Å². The predicted molar refractivity (Wildman–Crippen MR) is 91.4 cm³/mol. The highest BCUT2D eigenvalue weighted by Gasteiger charge is 2.28. The summed E-state index contributed by atoms with van der Waals surface area (Å²) in [5.41, 5.74) is -0.441. The van der Waals surface area contributed by atoms with E-state index < -0.39 is 5.60 Å². The lowest BCUT2D eigenvalue weighted by atomic mass is 9.93. The Hall–Kier alpha value is -0.810. The minimum atomic E-state index is -0.441. The monoisotopic (exact) mass is 326 g/mol. The van der Waals surface area contributed by atoms with Gasteiger partial charge in [0.15, 0.2) is 0 Å². The minimum Gasteiger partial charge on any atom is -0.444 e. The van der Waals surface area contributed by atoms with Crippen molar-refractivity contribution in [1.29, 1.82) is 0 Å². The van der Waals surface area contributed by atoms with Gasteiger partial charge in [-0.2, -0.15) is 0 Å². The maximum atomic E-state index is 12.1. The largest absolute Gasteiger partial charge is 0.444 e. The molecule has 0 bridgehead atoms. The van der Waals surface area contributed by atoms with E-state index in [-0.39, 0.29) is 12.2 Å². The molecule has 0 aromatic rings. The van der Waals surface area contributed by atoms with E-state index in [9.17, 15) is 9.90 Å². The molecule has 1 saturated heterocycles. The Morgan fingerprint density at radius 1 is 1.09 bits per heavy atom. The summed E-state index contributed by atoms with van der Waals surface area (Å²) in [7, 11) is 0. The van der Waals surface area contributed by atoms with Crippen molar-refractivity contribution in [3.8, 4) is 0 Å². The Morgan fingerprint density at radius 3 is 2.17 bits per heavy atom. The molecule has 2 rings (SSSR count). The van der Waals surface area contributed by atoms with Crippen molar-refractivity contribution in [2.45, 2.75) is 71.0 Å². The number of rotatable bonds is 3. The second-order valence-electron chi connectivity index (χ2n) is 8.09. The zero-order chi connectivity index (χ0) is 16.9. The van der Waals surface area contributed by atoms with E-state index in [0.29, 0.717) is 19.0 Å². The van der Waals surface area contributed by atoms with Crippen LogP contribution in [0.2, 0.25) is 0 Å². The van der Waals surface area contributed by atoms with Crippen LogP contribution in [-0.2, 0) is 4.74 Å². The van der Waals surface area contributed by atoms with E-state index in [1.807, 2.05) is 20.8 Å². The number of hydrogen-bond acceptors (Lipinski definition) is 4. The SMILES string of the molecule is CC(C)(C)OC(=O)N1CCN(CC(O)C2CCCCCC2)CC1. The van der Waals surface area contributed by atoms with Gasteiger partial charge in [-0.25, -0.2) is 4.79 Å². The number of piperazine rings is 1. The highest BCUT2D eigenvalue weighted by atomic mass is 16.6. The summed E-state index contributed by atoms with van der Waals surface area (Å²) in [4.78, 5) is 16.1. The molecule has 0 radical (unpaired) electrons. The molecule has 5 nitrogen and oxygen atoms in total. The fourth-order valence-electron chi connectivity index (χ4n) is 3.55. The Labute approximate surface area is 141 Å². The number of nitrogens with zero attached hydrogens (tertiary/aromatic N) is 2. The quantitative estimate of drug-likeness (QED) is 0.810. The standard InChI is InChI=1S/C18H34N2O3/c1-18(2,3)23-17(22)20-12-10-19(11-13-20)14-16(21)15-8-6-4-5-7-9-15/h15-16,21H,4-14H2,1-3H3. The number of carbonyl (C=O) groups is 1. The molecule has 1 amide bonds. The lowest BCUT2D eigenvalue weighted by molar-refractivity contribution is 0.00480. The summed E-state index contributed by atoms with van der Waals surface area (Å²) in [5.74, 6) is 0.460. The van der Waals surface area contributed by atoms with Crippen LogP contribution in [0.3, 0.4) is 0 Å². The summed E-state index contributed by atoms with van der Waals surface area (Å²) >= 11 is 0. The Kier molecular flexibility index (Phi) is 6.72. The average molecular weight is 326 g/mol. The fraction of sp³-hybridized carbons (Fsp3) is 0.944. The Morgan fingerprint density at radius 2 is 1.65 bits per heavy atom. The first kappa shape index (κ1) is 18.5. The van der Waals surface area contributed by atoms with E-state index in [4.69, 9.17) is 4.74 Å². The van der Waals surface area contributed by atoms with Gasteiger partial charge in [0.2, 0.25) is 0 Å². The highest BCUT2D eigenvalue weighted by Crippen LogP contribution is 2.26. The predicted octanol–water partition coefficient (Wildman–Crippen LogP) is 2.87. The molecule has 2 aliphatic rings. The van der Waals surface area contributed by atoms with Crippen LogP contribution in [0.15, 0.2) is 0 Å². The van der Waals surface area contributed by atoms with E-state index >= 15 is 0 Å². The van der Waals surface area contributed by atoms with Gasteiger partial charge in [-0.05, 0) is 39.5 Å². The lowest BCUT2D eigenvalue weighted by Gasteiger charge is -2.37. The summed E-state index contributed by atoms with van der Waals surface area (Å²) in [6, 6.07) is 0. The number of carbonyl (C=O) groups excluding carboxylic acids is 1. The van der Waals surface area contributed by atoms with E-state index in [2.05, 4.69) is 4.90 Å². The molecule has 5 heteroatoms. The molecule has 23 heavy (non-hydrogen) atoms. The van der Waals surface area contributed by atoms with Crippen molar-refractivity contribution in [3.05, 3.63) is 0 Å². The van der Waals surface area contributed by atoms with Crippen LogP contribution in [0.1, 0.15) is 59.3 Å². The molecule has 1 atom stereocenters. The summed E-state index contributed by atoms with van der Waals surface area (Å²) in [6.45, 7) is 9.44. The first-order valence-electron chi connectivity index (χ1n) is 9.23. The van der Waals surface area contributed by atoms with Gasteiger partial charge in [0, 0.05) is 32.7 Å². The molecule has 1 heterocycles. The average Bonchev–Trinajstić information content (AvgIpc) is 2.75. The number of β-amino-alcohol motifs (C(OH)–C–C–N with tert-alkyl or cyclic N) is 1. The minimum absolute atomic E-state index is 0.221. The van der Waals surface area contributed by atoms with Gasteiger partial charge < -0.3 is 14.7 Å². The number of ether oxygens (including phenoxy) is 1. The molecule has 1 unspecified atom stereocenters. The molecular formula is C18H34N2O3. The zero-order valence-electron chi connectivity index (χ0n) is 15.1. The third-order valence-corrected chi connectivity index (χ3v) is 4.91. The van der Waals surface area contributed by atoms with Crippen LogP contribution in [0.5, 0.6) is 0 Å². The molecule has 0 aromatic carbocycles. The lowest BCUT2D eigenvalue weighted by Crippen LogP contribution is -2.52. The summed E-state index contributed by atoms with van der Waals surface area (Å²) < 4.78 is 5.42. The molecule has 0 spiro atoms. The highest BCUT2D eigenvalue weighted by molar-refractivity contribution is 5.68. The van der Waals surface area contributed by atoms with Crippen LogP contribution in [0, 0.1) is 5.92 Å².